The maximum Gasteiger partial charge on any atom is 0.173 e. The van der Waals surface area contributed by atoms with Crippen LogP contribution in [0.15, 0.2) is 23.6 Å². The summed E-state index contributed by atoms with van der Waals surface area (Å²) in [6.07, 6.45) is 4.73. The zero-order valence-electron chi connectivity index (χ0n) is 5.56. The molecule has 0 bridgehead atoms. The van der Waals surface area contributed by atoms with Crippen LogP contribution in [0.1, 0.15) is 5.82 Å². The van der Waals surface area contributed by atoms with E-state index in [-0.39, 0.29) is 0 Å². The van der Waals surface area contributed by atoms with Crippen LogP contribution < -0.4 is 0 Å². The Labute approximate surface area is 58.6 Å². The molecule has 4 nitrogen and oxygen atoms in total. The van der Waals surface area contributed by atoms with Gasteiger partial charge in [0.2, 0.25) is 0 Å². The Kier molecular flexibility index (Phi) is 2.37. The smallest absolute Gasteiger partial charge is 0.173 e. The van der Waals surface area contributed by atoms with E-state index in [0.29, 0.717) is 5.82 Å². The Morgan fingerprint density at radius 2 is 2.20 bits per heavy atom. The number of hydrogen-bond acceptors (Lipinski definition) is 4. The molecule has 0 saturated heterocycles. The van der Waals surface area contributed by atoms with Crippen LogP contribution in [0.4, 0.5) is 0 Å². The topological polar surface area (TPSA) is 47.4 Å². The van der Waals surface area contributed by atoms with Crippen molar-refractivity contribution in [2.75, 3.05) is 7.11 Å². The van der Waals surface area contributed by atoms with Crippen LogP contribution >= 0.6 is 0 Å². The Hall–Kier alpha value is -1.45. The fourth-order valence-electron chi connectivity index (χ4n) is 0.477. The van der Waals surface area contributed by atoms with E-state index in [2.05, 4.69) is 20.0 Å². The van der Waals surface area contributed by atoms with Gasteiger partial charge in [-0.15, -0.1) is 0 Å². The van der Waals surface area contributed by atoms with E-state index in [1.54, 1.807) is 18.5 Å². The Morgan fingerprint density at radius 3 is 2.80 bits per heavy atom. The summed E-state index contributed by atoms with van der Waals surface area (Å²) >= 11 is 0. The molecule has 0 amide bonds. The standard InChI is InChI=1S/C6H7N3O/c1-10-9-5-6-7-3-2-4-8-6/h2-5H,1H3. The molecule has 1 aromatic rings. The highest BCUT2D eigenvalue weighted by Crippen LogP contribution is 1.81. The highest BCUT2D eigenvalue weighted by Gasteiger charge is 1.84. The average molecular weight is 137 g/mol. The van der Waals surface area contributed by atoms with Crippen LogP contribution in [-0.2, 0) is 4.84 Å². The third-order valence-electron chi connectivity index (χ3n) is 0.859. The van der Waals surface area contributed by atoms with Crippen LogP contribution in [0.2, 0.25) is 0 Å². The van der Waals surface area contributed by atoms with Crippen molar-refractivity contribution in [1.29, 1.82) is 0 Å². The normalized spacial score (nSPS) is 10.1. The lowest BCUT2D eigenvalue weighted by atomic mass is 10.6. The van der Waals surface area contributed by atoms with E-state index in [9.17, 15) is 0 Å². The summed E-state index contributed by atoms with van der Waals surface area (Å²) in [6.45, 7) is 0. The summed E-state index contributed by atoms with van der Waals surface area (Å²) in [5, 5.41) is 3.49. The van der Waals surface area contributed by atoms with E-state index in [1.165, 1.54) is 13.3 Å². The minimum absolute atomic E-state index is 0.546. The highest BCUT2D eigenvalue weighted by atomic mass is 16.6. The van der Waals surface area contributed by atoms with Crippen molar-refractivity contribution in [1.82, 2.24) is 9.97 Å². The van der Waals surface area contributed by atoms with E-state index >= 15 is 0 Å². The zero-order chi connectivity index (χ0) is 7.23. The Morgan fingerprint density at radius 1 is 1.50 bits per heavy atom. The SMILES string of the molecule is CON=Cc1ncccn1. The van der Waals surface area contributed by atoms with Crippen molar-refractivity contribution in [2.45, 2.75) is 0 Å². The molecule has 0 aliphatic carbocycles. The minimum atomic E-state index is 0.546. The van der Waals surface area contributed by atoms with Gasteiger partial charge < -0.3 is 4.84 Å². The molecule has 0 saturated carbocycles. The summed E-state index contributed by atoms with van der Waals surface area (Å²) in [5.74, 6) is 0.546. The molecule has 0 aliphatic rings. The van der Waals surface area contributed by atoms with Crippen molar-refractivity contribution in [3.8, 4) is 0 Å². The van der Waals surface area contributed by atoms with Crippen molar-refractivity contribution in [2.24, 2.45) is 5.16 Å². The van der Waals surface area contributed by atoms with E-state index in [1.807, 2.05) is 0 Å². The van der Waals surface area contributed by atoms with Gasteiger partial charge in [0.05, 0.1) is 0 Å². The van der Waals surface area contributed by atoms with Crippen molar-refractivity contribution in [3.05, 3.63) is 24.3 Å². The number of rotatable bonds is 2. The number of aromatic nitrogens is 2. The van der Waals surface area contributed by atoms with Gasteiger partial charge >= 0.3 is 0 Å². The zero-order valence-corrected chi connectivity index (χ0v) is 5.56. The van der Waals surface area contributed by atoms with Gasteiger partial charge in [0.1, 0.15) is 13.3 Å². The average Bonchev–Trinajstić information content (AvgIpc) is 2.03. The molecule has 1 aromatic heterocycles. The second-order valence-corrected chi connectivity index (χ2v) is 1.52. The fraction of sp³-hybridized carbons (Fsp3) is 0.167. The van der Waals surface area contributed by atoms with Gasteiger partial charge in [-0.25, -0.2) is 9.97 Å². The molecule has 1 rings (SSSR count). The van der Waals surface area contributed by atoms with Gasteiger partial charge in [-0.05, 0) is 6.07 Å². The van der Waals surface area contributed by atoms with Gasteiger partial charge in [-0.1, -0.05) is 5.16 Å². The van der Waals surface area contributed by atoms with Crippen LogP contribution in [0.5, 0.6) is 0 Å². The van der Waals surface area contributed by atoms with Gasteiger partial charge in [0.15, 0.2) is 5.82 Å². The van der Waals surface area contributed by atoms with E-state index in [4.69, 9.17) is 0 Å². The summed E-state index contributed by atoms with van der Waals surface area (Å²) in [4.78, 5) is 12.2. The first kappa shape index (κ1) is 6.67. The van der Waals surface area contributed by atoms with Gasteiger partial charge in [0.25, 0.3) is 0 Å². The third kappa shape index (κ3) is 1.81. The molecule has 0 radical (unpaired) electrons. The fourth-order valence-corrected chi connectivity index (χ4v) is 0.477. The first-order chi connectivity index (χ1) is 4.93. The predicted octanol–water partition coefficient (Wildman–Crippen LogP) is 0.457. The number of oxime groups is 1. The molecule has 0 aliphatic heterocycles. The lowest BCUT2D eigenvalue weighted by Gasteiger charge is -1.86. The molecule has 0 unspecified atom stereocenters. The number of nitrogens with zero attached hydrogens (tertiary/aromatic N) is 3. The van der Waals surface area contributed by atoms with E-state index < -0.39 is 0 Å². The number of hydrogen-bond donors (Lipinski definition) is 0. The molecule has 0 spiro atoms. The van der Waals surface area contributed by atoms with Crippen molar-refractivity contribution < 1.29 is 4.84 Å². The first-order valence-corrected chi connectivity index (χ1v) is 2.77. The maximum atomic E-state index is 4.44. The molecule has 4 heteroatoms. The summed E-state index contributed by atoms with van der Waals surface area (Å²) < 4.78 is 0. The van der Waals surface area contributed by atoms with E-state index in [0.717, 1.165) is 0 Å². The summed E-state index contributed by atoms with van der Waals surface area (Å²) in [5.41, 5.74) is 0. The molecular formula is C6H7N3O. The Bertz CT molecular complexity index is 209. The second-order valence-electron chi connectivity index (χ2n) is 1.52. The predicted molar refractivity (Wildman–Crippen MR) is 36.6 cm³/mol. The Balaban J connectivity index is 2.67. The van der Waals surface area contributed by atoms with Crippen LogP contribution in [0.25, 0.3) is 0 Å². The van der Waals surface area contributed by atoms with Gasteiger partial charge in [-0.2, -0.15) is 0 Å². The molecule has 0 fully saturated rings. The van der Waals surface area contributed by atoms with Crippen molar-refractivity contribution in [3.63, 3.8) is 0 Å². The minimum Gasteiger partial charge on any atom is -0.399 e. The van der Waals surface area contributed by atoms with Crippen molar-refractivity contribution >= 4 is 6.21 Å². The molecule has 52 valence electrons. The molecule has 0 N–H and O–H groups in total. The summed E-state index contributed by atoms with van der Waals surface area (Å²) in [7, 11) is 1.47. The first-order valence-electron chi connectivity index (χ1n) is 2.77. The molecule has 0 atom stereocenters. The monoisotopic (exact) mass is 137 g/mol. The lowest BCUT2D eigenvalue weighted by Crippen LogP contribution is -1.89. The van der Waals surface area contributed by atoms with Crippen LogP contribution in [0, 0.1) is 0 Å². The molecule has 0 aromatic carbocycles. The second kappa shape index (κ2) is 3.55. The lowest BCUT2D eigenvalue weighted by molar-refractivity contribution is 0.215. The van der Waals surface area contributed by atoms with Gasteiger partial charge in [0, 0.05) is 12.4 Å². The quantitative estimate of drug-likeness (QED) is 0.439. The third-order valence-corrected chi connectivity index (χ3v) is 0.859. The largest absolute Gasteiger partial charge is 0.399 e. The van der Waals surface area contributed by atoms with Crippen LogP contribution in [-0.4, -0.2) is 23.3 Å². The molecule has 10 heavy (non-hydrogen) atoms. The summed E-state index contributed by atoms with van der Waals surface area (Å²) in [6, 6.07) is 1.74. The maximum absolute atomic E-state index is 4.44. The highest BCUT2D eigenvalue weighted by molar-refractivity contribution is 5.73. The molecule has 1 heterocycles. The van der Waals surface area contributed by atoms with Crippen LogP contribution in [0.3, 0.4) is 0 Å². The van der Waals surface area contributed by atoms with Gasteiger partial charge in [-0.3, -0.25) is 0 Å². The molecular weight excluding hydrogens is 130 g/mol.